The van der Waals surface area contributed by atoms with Crippen LogP contribution in [-0.2, 0) is 33.5 Å². The van der Waals surface area contributed by atoms with Crippen LogP contribution in [0.15, 0.2) is 170 Å². The number of ether oxygens (including phenoxy) is 1. The van der Waals surface area contributed by atoms with Gasteiger partial charge in [0, 0.05) is 84.1 Å². The number of fused-ring (bicyclic) bond motifs is 12. The maximum absolute atomic E-state index is 6.67. The molecule has 5 heterocycles. The fraction of sp³-hybridized carbons (Fsp3) is 0.0909. The first kappa shape index (κ1) is 38.7. The number of benzene rings is 7. The zero-order chi connectivity index (χ0) is 41.7. The summed E-state index contributed by atoms with van der Waals surface area (Å²) in [5.41, 5.74) is 10.6. The van der Waals surface area contributed by atoms with E-state index in [2.05, 4.69) is 180 Å². The van der Waals surface area contributed by atoms with Crippen LogP contribution in [0, 0.1) is 18.5 Å². The average Bonchev–Trinajstić information content (AvgIpc) is 4.06. The number of imidazole rings is 1. The first-order valence-electron chi connectivity index (χ1n) is 21.0. The second-order valence-corrected chi connectivity index (χ2v) is 17.0. The van der Waals surface area contributed by atoms with Gasteiger partial charge in [0.2, 0.25) is 6.33 Å². The summed E-state index contributed by atoms with van der Waals surface area (Å²) in [6.07, 6.45) is 9.11. The molecule has 0 aliphatic heterocycles. The molecule has 0 aliphatic rings. The van der Waals surface area contributed by atoms with Gasteiger partial charge >= 0.3 is 0 Å². The molecule has 7 aromatic carbocycles. The third-order valence-electron chi connectivity index (χ3n) is 12.1. The van der Waals surface area contributed by atoms with E-state index in [1.807, 2.05) is 59.0 Å². The van der Waals surface area contributed by atoms with Gasteiger partial charge in [-0.2, -0.15) is 18.2 Å². The maximum Gasteiger partial charge on any atom is 0.241 e. The van der Waals surface area contributed by atoms with E-state index < -0.39 is 0 Å². The Kier molecular flexibility index (Phi) is 9.04. The summed E-state index contributed by atoms with van der Waals surface area (Å²) >= 11 is 0. The van der Waals surface area contributed by atoms with Gasteiger partial charge in [-0.1, -0.05) is 105 Å². The molecule has 0 N–H and O–H groups in total. The number of aromatic nitrogens is 6. The Morgan fingerprint density at radius 3 is 1.83 bits per heavy atom. The number of aryl methyl sites for hydroxylation is 1. The van der Waals surface area contributed by atoms with Crippen molar-refractivity contribution in [1.82, 2.24) is 23.3 Å². The van der Waals surface area contributed by atoms with Gasteiger partial charge < -0.3 is 27.6 Å². The van der Waals surface area contributed by atoms with Gasteiger partial charge in [0.25, 0.3) is 0 Å². The smallest absolute Gasteiger partial charge is 0.241 e. The Hall–Kier alpha value is -7.21. The van der Waals surface area contributed by atoms with Gasteiger partial charge in [-0.05, 0) is 64.9 Å². The SMILES string of the molecule is Cn1[c-][n+](-c2[c-]c(Oc3[c-]c4c(cc3)c3c5c6ccccc6n(-c6ccccc6)c5c5c(c6ccccc6n5-c5ccccc5)c3n4-c3cc(C(C)(C)C)ccn3)ccc2)cc1.[Pt]. The molecule has 0 bridgehead atoms. The molecule has 308 valence electrons. The molecule has 12 rings (SSSR count). The Bertz CT molecular complexity index is 3720. The van der Waals surface area contributed by atoms with Crippen LogP contribution in [0.2, 0.25) is 0 Å². The number of hydrogen-bond donors (Lipinski definition) is 0. The molecular weight excluding hydrogens is 956 g/mol. The van der Waals surface area contributed by atoms with Crippen molar-refractivity contribution in [1.29, 1.82) is 0 Å². The van der Waals surface area contributed by atoms with Gasteiger partial charge in [-0.25, -0.2) is 4.98 Å². The molecule has 0 aliphatic carbocycles. The van der Waals surface area contributed by atoms with Crippen LogP contribution in [0.25, 0.3) is 88.3 Å². The summed E-state index contributed by atoms with van der Waals surface area (Å²) < 4.78 is 17.7. The van der Waals surface area contributed by atoms with Crippen LogP contribution in [-0.4, -0.2) is 23.3 Å². The van der Waals surface area contributed by atoms with Crippen molar-refractivity contribution in [2.75, 3.05) is 0 Å². The van der Waals surface area contributed by atoms with Gasteiger partial charge in [-0.15, -0.1) is 29.7 Å². The summed E-state index contributed by atoms with van der Waals surface area (Å²) in [6, 6.07) is 60.9. The first-order chi connectivity index (χ1) is 30.3. The van der Waals surface area contributed by atoms with Crippen LogP contribution >= 0.6 is 0 Å². The monoisotopic (exact) mass is 995 g/mol. The van der Waals surface area contributed by atoms with Gasteiger partial charge in [0.1, 0.15) is 5.82 Å². The van der Waals surface area contributed by atoms with Crippen molar-refractivity contribution < 1.29 is 30.4 Å². The standard InChI is InChI=1S/C55H40N6O.Pt/c1-55(2,3)36-28-29-56-48(32-36)61-47-34-41(62-40-21-15-20-39(33-40)58-31-30-57(4)35-58)26-27-44(47)49-50-42-22-11-13-24-45(42)59(37-16-7-5-8-17-37)53(50)54-51(52(49)61)43-23-12-14-25-46(43)60(54)38-18-9-6-10-19-38;/h5-32H,1-4H3;/q-2;. The fourth-order valence-corrected chi connectivity index (χ4v) is 9.38. The van der Waals surface area contributed by atoms with Crippen LogP contribution in [0.3, 0.4) is 0 Å². The van der Waals surface area contributed by atoms with Crippen LogP contribution in [0.4, 0.5) is 0 Å². The van der Waals surface area contributed by atoms with Crippen LogP contribution in [0.5, 0.6) is 11.5 Å². The number of rotatable bonds is 6. The van der Waals surface area contributed by atoms with Crippen molar-refractivity contribution in [2.24, 2.45) is 7.05 Å². The first-order valence-corrected chi connectivity index (χ1v) is 21.0. The number of hydrogen-bond acceptors (Lipinski definition) is 2. The average molecular weight is 996 g/mol. The third kappa shape index (κ3) is 6.06. The Morgan fingerprint density at radius 2 is 1.17 bits per heavy atom. The zero-order valence-corrected chi connectivity index (χ0v) is 37.3. The Labute approximate surface area is 378 Å². The molecule has 0 saturated carbocycles. The third-order valence-corrected chi connectivity index (χ3v) is 12.1. The molecule has 0 saturated heterocycles. The van der Waals surface area contributed by atoms with Gasteiger partial charge in [-0.3, -0.25) is 0 Å². The Morgan fingerprint density at radius 1 is 0.571 bits per heavy atom. The Balaban J connectivity index is 0.00000444. The van der Waals surface area contributed by atoms with E-state index in [0.717, 1.165) is 77.5 Å². The van der Waals surface area contributed by atoms with Crippen molar-refractivity contribution in [2.45, 2.75) is 26.2 Å². The predicted octanol–water partition coefficient (Wildman–Crippen LogP) is 12.5. The molecule has 0 radical (unpaired) electrons. The molecule has 5 aromatic heterocycles. The van der Waals surface area contributed by atoms with E-state index in [0.29, 0.717) is 11.5 Å². The molecule has 7 nitrogen and oxygen atoms in total. The van der Waals surface area contributed by atoms with E-state index in [1.165, 1.54) is 16.3 Å². The van der Waals surface area contributed by atoms with E-state index in [9.17, 15) is 0 Å². The second kappa shape index (κ2) is 14.7. The topological polar surface area (TPSA) is 45.7 Å². The summed E-state index contributed by atoms with van der Waals surface area (Å²) in [6.45, 7) is 6.75. The van der Waals surface area contributed by atoms with E-state index in [1.54, 1.807) is 0 Å². The summed E-state index contributed by atoms with van der Waals surface area (Å²) in [4.78, 5) is 5.18. The molecule has 63 heavy (non-hydrogen) atoms. The number of nitrogens with zero attached hydrogens (tertiary/aromatic N) is 6. The number of pyridine rings is 1. The van der Waals surface area contributed by atoms with E-state index in [4.69, 9.17) is 9.72 Å². The zero-order valence-electron chi connectivity index (χ0n) is 35.1. The quantitative estimate of drug-likeness (QED) is 0.123. The van der Waals surface area contributed by atoms with Crippen molar-refractivity contribution in [3.05, 3.63) is 194 Å². The minimum absolute atomic E-state index is 0. The minimum Gasteiger partial charge on any atom is -0.510 e. The van der Waals surface area contributed by atoms with E-state index in [-0.39, 0.29) is 26.5 Å². The molecule has 12 aromatic rings. The summed E-state index contributed by atoms with van der Waals surface area (Å²) in [7, 11) is 1.95. The summed E-state index contributed by atoms with van der Waals surface area (Å²) in [5.74, 6) is 1.98. The molecule has 0 fully saturated rings. The minimum atomic E-state index is -0.113. The normalized spacial score (nSPS) is 12.0. The van der Waals surface area contributed by atoms with E-state index >= 15 is 0 Å². The molecule has 8 heteroatoms. The molecule has 0 atom stereocenters. The molecular formula is C55H40N6OPt-2. The largest absolute Gasteiger partial charge is 0.510 e. The van der Waals surface area contributed by atoms with Crippen LogP contribution in [0.1, 0.15) is 26.3 Å². The van der Waals surface area contributed by atoms with Crippen LogP contribution < -0.4 is 9.30 Å². The molecule has 0 spiro atoms. The summed E-state index contributed by atoms with van der Waals surface area (Å²) in [5, 5.41) is 6.82. The second-order valence-electron chi connectivity index (χ2n) is 17.0. The van der Waals surface area contributed by atoms with Crippen molar-refractivity contribution in [3.8, 4) is 34.4 Å². The number of para-hydroxylation sites is 4. The van der Waals surface area contributed by atoms with Gasteiger partial charge in [0.05, 0.1) is 34.6 Å². The van der Waals surface area contributed by atoms with Crippen molar-refractivity contribution >= 4 is 65.4 Å². The fourth-order valence-electron chi connectivity index (χ4n) is 9.38. The van der Waals surface area contributed by atoms with Crippen molar-refractivity contribution in [3.63, 3.8) is 0 Å². The molecule has 0 amide bonds. The maximum atomic E-state index is 6.67. The predicted molar refractivity (Wildman–Crippen MR) is 249 cm³/mol. The van der Waals surface area contributed by atoms with Gasteiger partial charge in [0.15, 0.2) is 0 Å². The molecule has 0 unspecified atom stereocenters.